The number of carbonyl (C=O) groups excluding carboxylic acids is 2. The summed E-state index contributed by atoms with van der Waals surface area (Å²) in [5.41, 5.74) is 2.12. The van der Waals surface area contributed by atoms with Crippen LogP contribution in [0.1, 0.15) is 16.8 Å². The second-order valence-electron chi connectivity index (χ2n) is 5.59. The molecule has 2 amide bonds. The molecule has 0 fully saturated rings. The van der Waals surface area contributed by atoms with Crippen molar-refractivity contribution in [2.45, 2.75) is 6.42 Å². The van der Waals surface area contributed by atoms with Crippen LogP contribution >= 0.6 is 22.6 Å². The SMILES string of the molecule is COCCCNC(=O)c1ccc(NCC(=O)Nc2ccc(I)cc2)cc1. The van der Waals surface area contributed by atoms with Gasteiger partial charge < -0.3 is 20.7 Å². The number of halogens is 1. The highest BCUT2D eigenvalue weighted by Gasteiger charge is 2.06. The molecule has 0 bridgehead atoms. The first kappa shape index (κ1) is 20.2. The Balaban J connectivity index is 1.76. The Labute approximate surface area is 166 Å². The van der Waals surface area contributed by atoms with Gasteiger partial charge in [-0.2, -0.15) is 0 Å². The van der Waals surface area contributed by atoms with Gasteiger partial charge in [0.1, 0.15) is 0 Å². The summed E-state index contributed by atoms with van der Waals surface area (Å²) in [4.78, 5) is 23.9. The number of amides is 2. The molecule has 3 N–H and O–H groups in total. The fourth-order valence-corrected chi connectivity index (χ4v) is 2.54. The smallest absolute Gasteiger partial charge is 0.251 e. The van der Waals surface area contributed by atoms with Gasteiger partial charge in [0.2, 0.25) is 5.91 Å². The van der Waals surface area contributed by atoms with Crippen molar-refractivity contribution in [3.8, 4) is 0 Å². The van der Waals surface area contributed by atoms with E-state index in [0.717, 1.165) is 21.4 Å². The molecule has 2 rings (SSSR count). The number of carbonyl (C=O) groups is 2. The Morgan fingerprint density at radius 3 is 2.31 bits per heavy atom. The van der Waals surface area contributed by atoms with E-state index in [4.69, 9.17) is 4.74 Å². The zero-order chi connectivity index (χ0) is 18.8. The molecule has 0 spiro atoms. The lowest BCUT2D eigenvalue weighted by Crippen LogP contribution is -2.25. The molecule has 2 aromatic rings. The van der Waals surface area contributed by atoms with Gasteiger partial charge in [0.05, 0.1) is 6.54 Å². The van der Waals surface area contributed by atoms with Crippen LogP contribution < -0.4 is 16.0 Å². The molecule has 138 valence electrons. The highest BCUT2D eigenvalue weighted by molar-refractivity contribution is 14.1. The van der Waals surface area contributed by atoms with Crippen molar-refractivity contribution < 1.29 is 14.3 Å². The molecule has 0 unspecified atom stereocenters. The summed E-state index contributed by atoms with van der Waals surface area (Å²) in [5.74, 6) is -0.254. The van der Waals surface area contributed by atoms with Crippen LogP contribution in [0.25, 0.3) is 0 Å². The third-order valence-corrected chi connectivity index (χ3v) is 4.26. The number of nitrogens with one attached hydrogen (secondary N) is 3. The largest absolute Gasteiger partial charge is 0.385 e. The summed E-state index contributed by atoms with van der Waals surface area (Å²) in [7, 11) is 1.63. The van der Waals surface area contributed by atoms with Crippen molar-refractivity contribution in [2.24, 2.45) is 0 Å². The number of rotatable bonds is 9. The first-order valence-electron chi connectivity index (χ1n) is 8.25. The van der Waals surface area contributed by atoms with Crippen LogP contribution in [0.5, 0.6) is 0 Å². The van der Waals surface area contributed by atoms with Crippen LogP contribution in [-0.2, 0) is 9.53 Å². The van der Waals surface area contributed by atoms with Gasteiger partial charge in [-0.05, 0) is 77.5 Å². The number of anilines is 2. The van der Waals surface area contributed by atoms with Crippen molar-refractivity contribution in [1.29, 1.82) is 0 Å². The van der Waals surface area contributed by atoms with Gasteiger partial charge in [-0.1, -0.05) is 0 Å². The fraction of sp³-hybridized carbons (Fsp3) is 0.263. The summed E-state index contributed by atoms with van der Waals surface area (Å²) in [5, 5.41) is 8.69. The molecule has 0 aliphatic rings. The fourth-order valence-electron chi connectivity index (χ4n) is 2.18. The molecule has 6 nitrogen and oxygen atoms in total. The molecule has 0 heterocycles. The summed E-state index contributed by atoms with van der Waals surface area (Å²) in [6.45, 7) is 1.34. The Morgan fingerprint density at radius 1 is 1.00 bits per heavy atom. The average molecular weight is 467 g/mol. The van der Waals surface area contributed by atoms with Gasteiger partial charge in [-0.15, -0.1) is 0 Å². The van der Waals surface area contributed by atoms with E-state index in [1.165, 1.54) is 0 Å². The molecule has 0 radical (unpaired) electrons. The lowest BCUT2D eigenvalue weighted by molar-refractivity contribution is -0.114. The maximum atomic E-state index is 12.0. The highest BCUT2D eigenvalue weighted by Crippen LogP contribution is 2.12. The highest BCUT2D eigenvalue weighted by atomic mass is 127. The quantitative estimate of drug-likeness (QED) is 0.391. The number of benzene rings is 2. The van der Waals surface area contributed by atoms with E-state index in [1.807, 2.05) is 24.3 Å². The number of methoxy groups -OCH3 is 1. The van der Waals surface area contributed by atoms with Crippen molar-refractivity contribution in [3.05, 3.63) is 57.7 Å². The normalized spacial score (nSPS) is 10.2. The van der Waals surface area contributed by atoms with Gasteiger partial charge in [0.25, 0.3) is 5.91 Å². The van der Waals surface area contributed by atoms with Gasteiger partial charge in [-0.25, -0.2) is 0 Å². The summed E-state index contributed by atoms with van der Waals surface area (Å²) in [6.07, 6.45) is 0.775. The Bertz CT molecular complexity index is 718. The number of hydrogen-bond acceptors (Lipinski definition) is 4. The lowest BCUT2D eigenvalue weighted by Gasteiger charge is -2.09. The zero-order valence-electron chi connectivity index (χ0n) is 14.5. The molecule has 0 aliphatic heterocycles. The maximum absolute atomic E-state index is 12.0. The van der Waals surface area contributed by atoms with Crippen molar-refractivity contribution in [3.63, 3.8) is 0 Å². The first-order valence-corrected chi connectivity index (χ1v) is 9.33. The lowest BCUT2D eigenvalue weighted by atomic mass is 10.2. The zero-order valence-corrected chi connectivity index (χ0v) is 16.7. The van der Waals surface area contributed by atoms with E-state index in [-0.39, 0.29) is 18.4 Å². The van der Waals surface area contributed by atoms with Crippen molar-refractivity contribution in [2.75, 3.05) is 37.4 Å². The van der Waals surface area contributed by atoms with Crippen LogP contribution in [0.3, 0.4) is 0 Å². The van der Waals surface area contributed by atoms with Crippen LogP contribution in [0.15, 0.2) is 48.5 Å². The topological polar surface area (TPSA) is 79.5 Å². The molecular formula is C19H22IN3O3. The van der Waals surface area contributed by atoms with Crippen molar-refractivity contribution in [1.82, 2.24) is 5.32 Å². The van der Waals surface area contributed by atoms with E-state index < -0.39 is 0 Å². The van der Waals surface area contributed by atoms with Gasteiger partial charge >= 0.3 is 0 Å². The van der Waals surface area contributed by atoms with Crippen LogP contribution in [0.4, 0.5) is 11.4 Å². The van der Waals surface area contributed by atoms with Crippen LogP contribution in [0.2, 0.25) is 0 Å². The van der Waals surface area contributed by atoms with Gasteiger partial charge in [0, 0.05) is 40.8 Å². The predicted octanol–water partition coefficient (Wildman–Crippen LogP) is 3.11. The minimum atomic E-state index is -0.133. The van der Waals surface area contributed by atoms with Crippen LogP contribution in [0, 0.1) is 3.57 Å². The van der Waals surface area contributed by atoms with Crippen LogP contribution in [-0.4, -0.2) is 38.6 Å². The summed E-state index contributed by atoms with van der Waals surface area (Å²) < 4.78 is 6.05. The van der Waals surface area contributed by atoms with Gasteiger partial charge in [-0.3, -0.25) is 9.59 Å². The molecule has 0 saturated heterocycles. The minimum Gasteiger partial charge on any atom is -0.385 e. The average Bonchev–Trinajstić information content (AvgIpc) is 2.66. The first-order chi connectivity index (χ1) is 12.6. The van der Waals surface area contributed by atoms with Crippen molar-refractivity contribution >= 4 is 45.8 Å². The Hall–Kier alpha value is -2.13. The third-order valence-electron chi connectivity index (χ3n) is 3.54. The predicted molar refractivity (Wildman–Crippen MR) is 112 cm³/mol. The molecule has 0 aromatic heterocycles. The molecule has 0 saturated carbocycles. The van der Waals surface area contributed by atoms with E-state index >= 15 is 0 Å². The Kier molecular flexibility index (Phi) is 8.36. The minimum absolute atomic E-state index is 0.121. The standard InChI is InChI=1S/C19H22IN3O3/c1-26-12-2-11-21-19(25)14-3-7-16(8-4-14)22-13-18(24)23-17-9-5-15(20)6-10-17/h3-10,22H,2,11-13H2,1H3,(H,21,25)(H,23,24). The Morgan fingerprint density at radius 2 is 1.65 bits per heavy atom. The molecule has 2 aromatic carbocycles. The second-order valence-corrected chi connectivity index (χ2v) is 6.83. The summed E-state index contributed by atoms with van der Waals surface area (Å²) in [6, 6.07) is 14.6. The summed E-state index contributed by atoms with van der Waals surface area (Å²) >= 11 is 2.21. The maximum Gasteiger partial charge on any atom is 0.251 e. The van der Waals surface area contributed by atoms with E-state index in [9.17, 15) is 9.59 Å². The van der Waals surface area contributed by atoms with Gasteiger partial charge in [0.15, 0.2) is 0 Å². The second kappa shape index (κ2) is 10.8. The molecule has 26 heavy (non-hydrogen) atoms. The molecule has 0 aliphatic carbocycles. The van der Waals surface area contributed by atoms with E-state index in [2.05, 4.69) is 38.5 Å². The monoisotopic (exact) mass is 467 g/mol. The number of ether oxygens (including phenoxy) is 1. The molecule has 7 heteroatoms. The molecular weight excluding hydrogens is 445 g/mol. The third kappa shape index (κ3) is 7.01. The van der Waals surface area contributed by atoms with E-state index in [0.29, 0.717) is 18.7 Å². The number of hydrogen-bond donors (Lipinski definition) is 3. The molecule has 0 atom stereocenters. The van der Waals surface area contributed by atoms with E-state index in [1.54, 1.807) is 31.4 Å².